The maximum absolute atomic E-state index is 9.53. The van der Waals surface area contributed by atoms with Crippen LogP contribution in [0.1, 0.15) is 5.56 Å². The van der Waals surface area contributed by atoms with Crippen LogP contribution in [0.5, 0.6) is 17.2 Å². The van der Waals surface area contributed by atoms with E-state index in [0.717, 1.165) is 5.56 Å². The molecule has 0 aliphatic rings. The Morgan fingerprint density at radius 1 is 1.06 bits per heavy atom. The molecule has 0 fully saturated rings. The largest absolute Gasteiger partial charge is 0.504 e. The zero-order valence-corrected chi connectivity index (χ0v) is 9.69. The Hall–Kier alpha value is -1.87. The van der Waals surface area contributed by atoms with Gasteiger partial charge < -0.3 is 14.9 Å². The molecule has 2 aromatic carbocycles. The van der Waals surface area contributed by atoms with Gasteiger partial charge in [-0.25, -0.2) is 0 Å². The molecule has 0 aromatic heterocycles. The summed E-state index contributed by atoms with van der Waals surface area (Å²) in [6.07, 6.45) is 0. The van der Waals surface area contributed by atoms with Crippen LogP contribution in [0.2, 0.25) is 5.02 Å². The monoisotopic (exact) mass is 250 g/mol. The summed E-state index contributed by atoms with van der Waals surface area (Å²) in [5, 5.41) is 19.5. The summed E-state index contributed by atoms with van der Waals surface area (Å²) < 4.78 is 5.39. The Morgan fingerprint density at radius 2 is 1.82 bits per heavy atom. The Labute approximate surface area is 104 Å². The summed E-state index contributed by atoms with van der Waals surface area (Å²) in [5.41, 5.74) is 0.889. The molecule has 4 heteroatoms. The van der Waals surface area contributed by atoms with Crippen molar-refractivity contribution in [2.45, 2.75) is 6.61 Å². The quantitative estimate of drug-likeness (QED) is 0.822. The van der Waals surface area contributed by atoms with E-state index >= 15 is 0 Å². The number of benzene rings is 2. The van der Waals surface area contributed by atoms with Crippen molar-refractivity contribution < 1.29 is 14.9 Å². The lowest BCUT2D eigenvalue weighted by molar-refractivity contribution is 0.283. The minimum absolute atomic E-state index is 0.200. The topological polar surface area (TPSA) is 49.7 Å². The third-order valence-electron chi connectivity index (χ3n) is 2.26. The van der Waals surface area contributed by atoms with Crippen molar-refractivity contribution in [3.8, 4) is 17.2 Å². The highest BCUT2D eigenvalue weighted by Crippen LogP contribution is 2.34. The average Bonchev–Trinajstić information content (AvgIpc) is 2.31. The lowest BCUT2D eigenvalue weighted by Crippen LogP contribution is -1.95. The van der Waals surface area contributed by atoms with E-state index in [4.69, 9.17) is 16.3 Å². The molecule has 3 nitrogen and oxygen atoms in total. The average molecular weight is 251 g/mol. The highest BCUT2D eigenvalue weighted by Gasteiger charge is 2.06. The second-order valence-corrected chi connectivity index (χ2v) is 3.98. The minimum Gasteiger partial charge on any atom is -0.504 e. The minimum atomic E-state index is -0.255. The van der Waals surface area contributed by atoms with Gasteiger partial charge in [0, 0.05) is 5.02 Å². The predicted octanol–water partition coefficient (Wildman–Crippen LogP) is 3.33. The molecule has 0 radical (unpaired) electrons. The van der Waals surface area contributed by atoms with Crippen molar-refractivity contribution in [2.75, 3.05) is 0 Å². The first-order valence-electron chi connectivity index (χ1n) is 5.05. The summed E-state index contributed by atoms with van der Waals surface area (Å²) in [6, 6.07) is 11.8. The standard InChI is InChI=1S/C13H11ClO3/c14-10-4-1-3-9(7-10)8-17-12-6-2-5-11(15)13(12)16/h1-7,15-16H,8H2. The first kappa shape index (κ1) is 11.6. The highest BCUT2D eigenvalue weighted by atomic mass is 35.5. The van der Waals surface area contributed by atoms with Gasteiger partial charge in [0.25, 0.3) is 0 Å². The molecule has 0 aliphatic carbocycles. The molecule has 0 heterocycles. The van der Waals surface area contributed by atoms with Gasteiger partial charge in [0.15, 0.2) is 11.5 Å². The molecule has 2 N–H and O–H groups in total. The van der Waals surface area contributed by atoms with E-state index < -0.39 is 0 Å². The van der Waals surface area contributed by atoms with E-state index in [2.05, 4.69) is 0 Å². The van der Waals surface area contributed by atoms with Crippen LogP contribution in [0.4, 0.5) is 0 Å². The van der Waals surface area contributed by atoms with Crippen molar-refractivity contribution in [3.05, 3.63) is 53.1 Å². The molecule has 0 saturated carbocycles. The van der Waals surface area contributed by atoms with Gasteiger partial charge in [0.05, 0.1) is 0 Å². The lowest BCUT2D eigenvalue weighted by Gasteiger charge is -2.08. The molecular weight excluding hydrogens is 240 g/mol. The Morgan fingerprint density at radius 3 is 2.59 bits per heavy atom. The normalized spacial score (nSPS) is 10.2. The fourth-order valence-electron chi connectivity index (χ4n) is 1.42. The third-order valence-corrected chi connectivity index (χ3v) is 2.50. The van der Waals surface area contributed by atoms with Crippen LogP contribution in [0.3, 0.4) is 0 Å². The summed E-state index contributed by atoms with van der Waals surface area (Å²) >= 11 is 5.84. The van der Waals surface area contributed by atoms with E-state index in [9.17, 15) is 10.2 Å². The smallest absolute Gasteiger partial charge is 0.200 e. The number of phenolic OH excluding ortho intramolecular Hbond substituents is 2. The predicted molar refractivity (Wildman–Crippen MR) is 65.6 cm³/mol. The Bertz CT molecular complexity index is 526. The number of rotatable bonds is 3. The summed E-state index contributed by atoms with van der Waals surface area (Å²) in [5.74, 6) is -0.215. The maximum Gasteiger partial charge on any atom is 0.200 e. The second-order valence-electron chi connectivity index (χ2n) is 3.54. The number of halogens is 1. The molecule has 0 amide bonds. The fourth-order valence-corrected chi connectivity index (χ4v) is 1.63. The number of para-hydroxylation sites is 1. The van der Waals surface area contributed by atoms with Gasteiger partial charge in [0.2, 0.25) is 5.75 Å². The van der Waals surface area contributed by atoms with Crippen LogP contribution in [0, 0.1) is 0 Å². The summed E-state index contributed by atoms with van der Waals surface area (Å²) in [7, 11) is 0. The number of hydrogen-bond donors (Lipinski definition) is 2. The van der Waals surface area contributed by atoms with Crippen molar-refractivity contribution in [1.29, 1.82) is 0 Å². The van der Waals surface area contributed by atoms with Crippen LogP contribution in [-0.4, -0.2) is 10.2 Å². The van der Waals surface area contributed by atoms with Gasteiger partial charge in [-0.05, 0) is 29.8 Å². The highest BCUT2D eigenvalue weighted by molar-refractivity contribution is 6.30. The van der Waals surface area contributed by atoms with Gasteiger partial charge in [-0.2, -0.15) is 0 Å². The molecule has 2 rings (SSSR count). The maximum atomic E-state index is 9.53. The number of hydrogen-bond acceptors (Lipinski definition) is 3. The molecule has 0 unspecified atom stereocenters. The fraction of sp³-hybridized carbons (Fsp3) is 0.0769. The van der Waals surface area contributed by atoms with E-state index in [-0.39, 0.29) is 23.9 Å². The van der Waals surface area contributed by atoms with Gasteiger partial charge in [-0.1, -0.05) is 29.8 Å². The zero-order valence-electron chi connectivity index (χ0n) is 8.93. The van der Waals surface area contributed by atoms with Crippen LogP contribution in [-0.2, 0) is 6.61 Å². The van der Waals surface area contributed by atoms with Crippen molar-refractivity contribution in [2.24, 2.45) is 0 Å². The van der Waals surface area contributed by atoms with E-state index in [1.165, 1.54) is 6.07 Å². The Balaban J connectivity index is 2.10. The van der Waals surface area contributed by atoms with Crippen molar-refractivity contribution in [3.63, 3.8) is 0 Å². The van der Waals surface area contributed by atoms with Gasteiger partial charge >= 0.3 is 0 Å². The van der Waals surface area contributed by atoms with Crippen molar-refractivity contribution in [1.82, 2.24) is 0 Å². The van der Waals surface area contributed by atoms with E-state index in [1.807, 2.05) is 12.1 Å². The zero-order chi connectivity index (χ0) is 12.3. The molecule has 0 atom stereocenters. The van der Waals surface area contributed by atoms with Gasteiger partial charge in [-0.15, -0.1) is 0 Å². The van der Waals surface area contributed by atoms with Crippen LogP contribution in [0.15, 0.2) is 42.5 Å². The van der Waals surface area contributed by atoms with E-state index in [0.29, 0.717) is 5.02 Å². The first-order valence-corrected chi connectivity index (χ1v) is 5.43. The van der Waals surface area contributed by atoms with E-state index in [1.54, 1.807) is 24.3 Å². The van der Waals surface area contributed by atoms with Gasteiger partial charge in [0.1, 0.15) is 6.61 Å². The molecular formula is C13H11ClO3. The molecule has 17 heavy (non-hydrogen) atoms. The molecule has 0 saturated heterocycles. The summed E-state index contributed by atoms with van der Waals surface area (Å²) in [6.45, 7) is 0.275. The summed E-state index contributed by atoms with van der Waals surface area (Å²) in [4.78, 5) is 0. The van der Waals surface area contributed by atoms with Crippen molar-refractivity contribution >= 4 is 11.6 Å². The van der Waals surface area contributed by atoms with Gasteiger partial charge in [-0.3, -0.25) is 0 Å². The molecule has 2 aromatic rings. The molecule has 0 aliphatic heterocycles. The number of ether oxygens (including phenoxy) is 1. The Kier molecular flexibility index (Phi) is 3.40. The third kappa shape index (κ3) is 2.82. The molecule has 88 valence electrons. The first-order chi connectivity index (χ1) is 8.16. The number of aromatic hydroxyl groups is 2. The SMILES string of the molecule is Oc1cccc(OCc2cccc(Cl)c2)c1O. The van der Waals surface area contributed by atoms with Crippen LogP contribution >= 0.6 is 11.6 Å². The second kappa shape index (κ2) is 4.97. The van der Waals surface area contributed by atoms with Crippen LogP contribution in [0.25, 0.3) is 0 Å². The lowest BCUT2D eigenvalue weighted by atomic mass is 10.2. The van der Waals surface area contributed by atoms with Crippen LogP contribution < -0.4 is 4.74 Å². The number of phenols is 2. The molecule has 0 spiro atoms. The molecule has 0 bridgehead atoms.